The number of fused-ring (bicyclic) bond motifs is 1. The Labute approximate surface area is 184 Å². The van der Waals surface area contributed by atoms with Crippen molar-refractivity contribution in [1.29, 1.82) is 0 Å². The van der Waals surface area contributed by atoms with Crippen LogP contribution >= 0.6 is 39.1 Å². The predicted molar refractivity (Wildman–Crippen MR) is 121 cm³/mol. The third kappa shape index (κ3) is 6.68. The molecule has 0 aliphatic heterocycles. The number of aromatic nitrogens is 2. The van der Waals surface area contributed by atoms with Crippen LogP contribution in [0.15, 0.2) is 30.4 Å². The molecule has 0 atom stereocenters. The number of halogens is 3. The molecule has 5 nitrogen and oxygen atoms in total. The summed E-state index contributed by atoms with van der Waals surface area (Å²) in [5.74, 6) is 1.87. The Balaban J connectivity index is 1.99. The Kier molecular flexibility index (Phi) is 10.2. The molecule has 0 saturated heterocycles. The van der Waals surface area contributed by atoms with Crippen LogP contribution in [0.4, 0.5) is 5.69 Å². The summed E-state index contributed by atoms with van der Waals surface area (Å²) in [6.45, 7) is 1.80. The molecule has 28 heavy (non-hydrogen) atoms. The van der Waals surface area contributed by atoms with Gasteiger partial charge in [-0.3, -0.25) is 4.79 Å². The van der Waals surface area contributed by atoms with Crippen molar-refractivity contribution in [3.63, 3.8) is 0 Å². The molecule has 0 bridgehead atoms. The number of carbonyl (C=O) groups is 1. The molecule has 0 aliphatic carbocycles. The lowest BCUT2D eigenvalue weighted by Crippen LogP contribution is -2.27. The number of hydrogen-bond acceptors (Lipinski definition) is 4. The number of rotatable bonds is 12. The van der Waals surface area contributed by atoms with Crippen molar-refractivity contribution in [2.24, 2.45) is 7.05 Å². The second-order valence-electron chi connectivity index (χ2n) is 6.29. The smallest absolute Gasteiger partial charge is 0.306 e. The van der Waals surface area contributed by atoms with Crippen molar-refractivity contribution < 1.29 is 9.53 Å². The highest BCUT2D eigenvalue weighted by atomic mass is 79.9. The standard InChI is InChI=1S/C20H26BrCl2N3O2/c1-25-18-8-7-16(26(12-10-22)13-11-23)15-17(18)24-19(25)5-4-6-20(27)28-14-3-2-9-21/h2-3,7-8,15H,4-6,9-14H2,1H3. The number of alkyl halides is 3. The molecule has 0 saturated carbocycles. The maximum absolute atomic E-state index is 11.8. The quantitative estimate of drug-likeness (QED) is 0.246. The van der Waals surface area contributed by atoms with Gasteiger partial charge in [0.2, 0.25) is 0 Å². The van der Waals surface area contributed by atoms with Gasteiger partial charge in [0, 0.05) is 55.8 Å². The summed E-state index contributed by atoms with van der Waals surface area (Å²) in [6, 6.07) is 6.22. The number of hydrogen-bond donors (Lipinski definition) is 0. The summed E-state index contributed by atoms with van der Waals surface area (Å²) in [5, 5.41) is 0.758. The first-order valence-electron chi connectivity index (χ1n) is 9.29. The maximum Gasteiger partial charge on any atom is 0.306 e. The van der Waals surface area contributed by atoms with E-state index >= 15 is 0 Å². The molecule has 0 unspecified atom stereocenters. The van der Waals surface area contributed by atoms with Crippen LogP contribution in [0, 0.1) is 0 Å². The van der Waals surface area contributed by atoms with Crippen molar-refractivity contribution in [2.45, 2.75) is 19.3 Å². The van der Waals surface area contributed by atoms with Crippen LogP contribution in [0.25, 0.3) is 11.0 Å². The van der Waals surface area contributed by atoms with Gasteiger partial charge >= 0.3 is 5.97 Å². The van der Waals surface area contributed by atoms with Gasteiger partial charge in [0.25, 0.3) is 0 Å². The van der Waals surface area contributed by atoms with E-state index in [4.69, 9.17) is 32.9 Å². The lowest BCUT2D eigenvalue weighted by molar-refractivity contribution is -0.142. The largest absolute Gasteiger partial charge is 0.461 e. The minimum absolute atomic E-state index is 0.182. The van der Waals surface area contributed by atoms with Crippen molar-refractivity contribution in [1.82, 2.24) is 9.55 Å². The number of allylic oxidation sites excluding steroid dienone is 1. The first-order valence-corrected chi connectivity index (χ1v) is 11.5. The van der Waals surface area contributed by atoms with E-state index in [2.05, 4.69) is 43.6 Å². The Morgan fingerprint density at radius 2 is 2.04 bits per heavy atom. The third-order valence-corrected chi connectivity index (χ3v) is 5.12. The summed E-state index contributed by atoms with van der Waals surface area (Å²) in [5.41, 5.74) is 3.07. The molecule has 0 amide bonds. The fraction of sp³-hybridized carbons (Fsp3) is 0.500. The molecule has 1 heterocycles. The number of carbonyl (C=O) groups excluding carboxylic acids is 1. The molecule has 8 heteroatoms. The molecule has 0 radical (unpaired) electrons. The van der Waals surface area contributed by atoms with Gasteiger partial charge in [-0.25, -0.2) is 4.98 Å². The first kappa shape index (κ1) is 23.0. The average molecular weight is 491 g/mol. The predicted octanol–water partition coefficient (Wildman–Crippen LogP) is 4.67. The molecule has 0 fully saturated rings. The number of anilines is 1. The summed E-state index contributed by atoms with van der Waals surface area (Å²) in [7, 11) is 2.00. The van der Waals surface area contributed by atoms with Crippen LogP contribution in [0.1, 0.15) is 18.7 Å². The number of imidazole rings is 1. The van der Waals surface area contributed by atoms with Gasteiger partial charge in [-0.2, -0.15) is 0 Å². The summed E-state index contributed by atoms with van der Waals surface area (Å²) >= 11 is 15.1. The lowest BCUT2D eigenvalue weighted by atomic mass is 10.2. The van der Waals surface area contributed by atoms with E-state index in [1.807, 2.05) is 19.2 Å². The maximum atomic E-state index is 11.8. The second-order valence-corrected chi connectivity index (χ2v) is 7.69. The van der Waals surface area contributed by atoms with E-state index in [-0.39, 0.29) is 5.97 Å². The van der Waals surface area contributed by atoms with Crippen molar-refractivity contribution in [2.75, 3.05) is 41.7 Å². The average Bonchev–Trinajstić information content (AvgIpc) is 3.00. The minimum Gasteiger partial charge on any atom is -0.461 e. The topological polar surface area (TPSA) is 47.4 Å². The van der Waals surface area contributed by atoms with E-state index in [1.165, 1.54) is 0 Å². The number of esters is 1. The molecule has 2 rings (SSSR count). The van der Waals surface area contributed by atoms with Crippen molar-refractivity contribution in [3.8, 4) is 0 Å². The fourth-order valence-corrected chi connectivity index (χ4v) is 3.64. The van der Waals surface area contributed by atoms with E-state index in [0.717, 1.165) is 47.4 Å². The SMILES string of the molecule is Cn1c(CCCC(=O)OCC=CCBr)nc2cc(N(CCCl)CCCl)ccc21. The highest BCUT2D eigenvalue weighted by Gasteiger charge is 2.12. The molecule has 2 aromatic rings. The van der Waals surface area contributed by atoms with Crippen LogP contribution in [-0.4, -0.2) is 52.3 Å². The van der Waals surface area contributed by atoms with E-state index in [0.29, 0.717) is 31.2 Å². The molecule has 0 aliphatic rings. The fourth-order valence-electron chi connectivity index (χ4n) is 2.97. The zero-order valence-electron chi connectivity index (χ0n) is 16.0. The van der Waals surface area contributed by atoms with Crippen LogP contribution in [0.3, 0.4) is 0 Å². The van der Waals surface area contributed by atoms with E-state index in [1.54, 1.807) is 0 Å². The molecule has 1 aromatic heterocycles. The molecule has 0 spiro atoms. The van der Waals surface area contributed by atoms with Gasteiger partial charge < -0.3 is 14.2 Å². The van der Waals surface area contributed by atoms with Gasteiger partial charge in [-0.05, 0) is 24.6 Å². The minimum atomic E-state index is -0.182. The first-order chi connectivity index (χ1) is 13.6. The van der Waals surface area contributed by atoms with E-state index < -0.39 is 0 Å². The number of aryl methyl sites for hydroxylation is 2. The Hall–Kier alpha value is -1.24. The van der Waals surface area contributed by atoms with Gasteiger partial charge in [0.05, 0.1) is 11.0 Å². The highest BCUT2D eigenvalue weighted by Crippen LogP contribution is 2.23. The summed E-state index contributed by atoms with van der Waals surface area (Å²) in [6.07, 6.45) is 5.54. The second kappa shape index (κ2) is 12.3. The summed E-state index contributed by atoms with van der Waals surface area (Å²) in [4.78, 5) is 18.7. The Morgan fingerprint density at radius 1 is 1.29 bits per heavy atom. The van der Waals surface area contributed by atoms with E-state index in [9.17, 15) is 4.79 Å². The molecule has 0 N–H and O–H groups in total. The molecule has 1 aromatic carbocycles. The van der Waals surface area contributed by atoms with Crippen molar-refractivity contribution in [3.05, 3.63) is 36.2 Å². The zero-order chi connectivity index (χ0) is 20.4. The van der Waals surface area contributed by atoms with Crippen LogP contribution in [-0.2, 0) is 23.0 Å². The molecule has 154 valence electrons. The van der Waals surface area contributed by atoms with Crippen LogP contribution in [0.5, 0.6) is 0 Å². The number of nitrogens with zero attached hydrogens (tertiary/aromatic N) is 3. The van der Waals surface area contributed by atoms with Crippen molar-refractivity contribution >= 4 is 61.8 Å². The molecular weight excluding hydrogens is 465 g/mol. The Bertz CT molecular complexity index is 789. The molecular formula is C20H26BrCl2N3O2. The van der Waals surface area contributed by atoms with Gasteiger partial charge in [-0.1, -0.05) is 28.1 Å². The third-order valence-electron chi connectivity index (χ3n) is 4.41. The van der Waals surface area contributed by atoms with Crippen LogP contribution in [0.2, 0.25) is 0 Å². The lowest BCUT2D eigenvalue weighted by Gasteiger charge is -2.22. The zero-order valence-corrected chi connectivity index (χ0v) is 19.1. The Morgan fingerprint density at radius 3 is 2.71 bits per heavy atom. The van der Waals surface area contributed by atoms with Crippen LogP contribution < -0.4 is 4.90 Å². The van der Waals surface area contributed by atoms with Gasteiger partial charge in [-0.15, -0.1) is 23.2 Å². The van der Waals surface area contributed by atoms with Gasteiger partial charge in [0.1, 0.15) is 12.4 Å². The number of ether oxygens (including phenoxy) is 1. The normalized spacial score (nSPS) is 11.4. The summed E-state index contributed by atoms with van der Waals surface area (Å²) < 4.78 is 7.24. The number of benzene rings is 1. The monoisotopic (exact) mass is 489 g/mol. The van der Waals surface area contributed by atoms with Gasteiger partial charge in [0.15, 0.2) is 0 Å². The highest BCUT2D eigenvalue weighted by molar-refractivity contribution is 9.09.